The Labute approximate surface area is 132 Å². The molecule has 0 radical (unpaired) electrons. The molecule has 0 aliphatic heterocycles. The SMILES string of the molecule is CCOc1cc(C)ccc1CNC(=O)C1C2CCC(C2)C1N. The van der Waals surface area contributed by atoms with Crippen molar-refractivity contribution in [1.82, 2.24) is 5.32 Å². The molecular formula is C18H26N2O2. The van der Waals surface area contributed by atoms with Crippen LogP contribution in [0.3, 0.4) is 0 Å². The zero-order valence-corrected chi connectivity index (χ0v) is 13.5. The fraction of sp³-hybridized carbons (Fsp3) is 0.611. The number of hydrogen-bond acceptors (Lipinski definition) is 3. The van der Waals surface area contributed by atoms with E-state index in [1.165, 1.54) is 6.42 Å². The Morgan fingerprint density at radius 1 is 1.36 bits per heavy atom. The van der Waals surface area contributed by atoms with E-state index in [0.29, 0.717) is 25.0 Å². The number of hydrogen-bond donors (Lipinski definition) is 2. The van der Waals surface area contributed by atoms with Crippen molar-refractivity contribution in [3.63, 3.8) is 0 Å². The molecule has 0 spiro atoms. The summed E-state index contributed by atoms with van der Waals surface area (Å²) < 4.78 is 5.67. The predicted molar refractivity (Wildman–Crippen MR) is 86.5 cm³/mol. The van der Waals surface area contributed by atoms with Gasteiger partial charge in [-0.1, -0.05) is 12.1 Å². The van der Waals surface area contributed by atoms with Gasteiger partial charge in [0.05, 0.1) is 12.5 Å². The number of carbonyl (C=O) groups excluding carboxylic acids is 1. The highest BCUT2D eigenvalue weighted by molar-refractivity contribution is 5.80. The Morgan fingerprint density at radius 2 is 2.14 bits per heavy atom. The van der Waals surface area contributed by atoms with Gasteiger partial charge in [-0.05, 0) is 56.6 Å². The van der Waals surface area contributed by atoms with Crippen LogP contribution in [0.2, 0.25) is 0 Å². The molecule has 3 N–H and O–H groups in total. The number of nitrogens with two attached hydrogens (primary N) is 1. The molecule has 1 amide bonds. The average molecular weight is 302 g/mol. The second kappa shape index (κ2) is 6.29. The van der Waals surface area contributed by atoms with Crippen molar-refractivity contribution in [2.75, 3.05) is 6.61 Å². The molecule has 4 unspecified atom stereocenters. The zero-order chi connectivity index (χ0) is 15.7. The molecule has 3 rings (SSSR count). The molecule has 0 saturated heterocycles. The summed E-state index contributed by atoms with van der Waals surface area (Å²) in [6.45, 7) is 5.15. The molecular weight excluding hydrogens is 276 g/mol. The smallest absolute Gasteiger partial charge is 0.225 e. The van der Waals surface area contributed by atoms with Gasteiger partial charge in [0, 0.05) is 18.2 Å². The van der Waals surface area contributed by atoms with Gasteiger partial charge in [0.25, 0.3) is 0 Å². The number of fused-ring (bicyclic) bond motifs is 2. The van der Waals surface area contributed by atoms with Crippen molar-refractivity contribution in [3.8, 4) is 5.75 Å². The molecule has 2 saturated carbocycles. The Kier molecular flexibility index (Phi) is 4.39. The summed E-state index contributed by atoms with van der Waals surface area (Å²) in [4.78, 5) is 12.5. The van der Waals surface area contributed by atoms with Crippen LogP contribution in [0.5, 0.6) is 5.75 Å². The van der Waals surface area contributed by atoms with Crippen LogP contribution in [0, 0.1) is 24.7 Å². The van der Waals surface area contributed by atoms with Crippen LogP contribution in [0.1, 0.15) is 37.3 Å². The van der Waals surface area contributed by atoms with Gasteiger partial charge in [0.15, 0.2) is 0 Å². The molecule has 0 aromatic heterocycles. The van der Waals surface area contributed by atoms with Crippen molar-refractivity contribution in [1.29, 1.82) is 0 Å². The lowest BCUT2D eigenvalue weighted by molar-refractivity contribution is -0.127. The minimum atomic E-state index is -0.000239. The Bertz CT molecular complexity index is 556. The molecule has 2 fully saturated rings. The second-order valence-corrected chi connectivity index (χ2v) is 6.70. The standard InChI is InChI=1S/C18H26N2O2/c1-3-22-15-8-11(2)4-5-14(15)10-20-18(21)16-12-6-7-13(9-12)17(16)19/h4-5,8,12-13,16-17H,3,6-7,9-10,19H2,1-2H3,(H,20,21). The third-order valence-electron chi connectivity index (χ3n) is 5.26. The van der Waals surface area contributed by atoms with E-state index >= 15 is 0 Å². The highest BCUT2D eigenvalue weighted by Gasteiger charge is 2.48. The summed E-state index contributed by atoms with van der Waals surface area (Å²) in [5, 5.41) is 3.08. The van der Waals surface area contributed by atoms with E-state index in [2.05, 4.69) is 5.32 Å². The largest absolute Gasteiger partial charge is 0.494 e. The second-order valence-electron chi connectivity index (χ2n) is 6.70. The van der Waals surface area contributed by atoms with Crippen LogP contribution in [-0.2, 0) is 11.3 Å². The third kappa shape index (κ3) is 2.84. The molecule has 2 aliphatic carbocycles. The number of benzene rings is 1. The summed E-state index contributed by atoms with van der Waals surface area (Å²) in [5.41, 5.74) is 8.43. The van der Waals surface area contributed by atoms with Crippen molar-refractivity contribution in [2.45, 2.75) is 45.7 Å². The van der Waals surface area contributed by atoms with Crippen molar-refractivity contribution >= 4 is 5.91 Å². The number of amides is 1. The lowest BCUT2D eigenvalue weighted by Gasteiger charge is -2.27. The summed E-state index contributed by atoms with van der Waals surface area (Å²) in [6.07, 6.45) is 3.49. The molecule has 1 aromatic rings. The van der Waals surface area contributed by atoms with E-state index in [9.17, 15) is 4.79 Å². The van der Waals surface area contributed by atoms with E-state index in [4.69, 9.17) is 10.5 Å². The molecule has 22 heavy (non-hydrogen) atoms. The van der Waals surface area contributed by atoms with E-state index < -0.39 is 0 Å². The molecule has 120 valence electrons. The highest BCUT2D eigenvalue weighted by Crippen LogP contribution is 2.47. The molecule has 2 aliphatic rings. The molecule has 4 heteroatoms. The first kappa shape index (κ1) is 15.3. The van der Waals surface area contributed by atoms with Crippen LogP contribution in [-0.4, -0.2) is 18.6 Å². The van der Waals surface area contributed by atoms with Gasteiger partial charge >= 0.3 is 0 Å². The quantitative estimate of drug-likeness (QED) is 0.878. The number of rotatable bonds is 5. The van der Waals surface area contributed by atoms with Gasteiger partial charge in [0.2, 0.25) is 5.91 Å². The Balaban J connectivity index is 1.64. The summed E-state index contributed by atoms with van der Waals surface area (Å²) in [6, 6.07) is 6.14. The van der Waals surface area contributed by atoms with Crippen LogP contribution in [0.25, 0.3) is 0 Å². The van der Waals surface area contributed by atoms with Crippen molar-refractivity contribution in [3.05, 3.63) is 29.3 Å². The van der Waals surface area contributed by atoms with Crippen molar-refractivity contribution in [2.24, 2.45) is 23.5 Å². The highest BCUT2D eigenvalue weighted by atomic mass is 16.5. The molecule has 2 bridgehead atoms. The van der Waals surface area contributed by atoms with Crippen LogP contribution >= 0.6 is 0 Å². The molecule has 1 aromatic carbocycles. The minimum Gasteiger partial charge on any atom is -0.494 e. The topological polar surface area (TPSA) is 64.3 Å². The zero-order valence-electron chi connectivity index (χ0n) is 13.5. The first-order chi connectivity index (χ1) is 10.6. The van der Waals surface area contributed by atoms with Gasteiger partial charge < -0.3 is 15.8 Å². The lowest BCUT2D eigenvalue weighted by atomic mass is 9.84. The fourth-order valence-electron chi connectivity index (χ4n) is 4.12. The van der Waals surface area contributed by atoms with E-state index in [1.54, 1.807) is 0 Å². The maximum atomic E-state index is 12.5. The van der Waals surface area contributed by atoms with Gasteiger partial charge in [-0.15, -0.1) is 0 Å². The third-order valence-corrected chi connectivity index (χ3v) is 5.26. The van der Waals surface area contributed by atoms with Gasteiger partial charge in [-0.2, -0.15) is 0 Å². The number of ether oxygens (including phenoxy) is 1. The van der Waals surface area contributed by atoms with Crippen molar-refractivity contribution < 1.29 is 9.53 Å². The molecule has 4 nitrogen and oxygen atoms in total. The van der Waals surface area contributed by atoms with Crippen LogP contribution in [0.15, 0.2) is 18.2 Å². The van der Waals surface area contributed by atoms with Gasteiger partial charge in [0.1, 0.15) is 5.75 Å². The predicted octanol–water partition coefficient (Wildman–Crippen LogP) is 2.38. The summed E-state index contributed by atoms with van der Waals surface area (Å²) in [5.74, 6) is 2.02. The monoisotopic (exact) mass is 302 g/mol. The molecule has 0 heterocycles. The Morgan fingerprint density at radius 3 is 2.82 bits per heavy atom. The average Bonchev–Trinajstić information content (AvgIpc) is 3.07. The van der Waals surface area contributed by atoms with E-state index in [0.717, 1.165) is 29.7 Å². The maximum Gasteiger partial charge on any atom is 0.225 e. The summed E-state index contributed by atoms with van der Waals surface area (Å²) in [7, 11) is 0. The normalized spacial score (nSPS) is 29.6. The lowest BCUT2D eigenvalue weighted by Crippen LogP contribution is -2.45. The van der Waals surface area contributed by atoms with Crippen LogP contribution in [0.4, 0.5) is 0 Å². The van der Waals surface area contributed by atoms with E-state index in [1.807, 2.05) is 32.0 Å². The Hall–Kier alpha value is -1.55. The van der Waals surface area contributed by atoms with Gasteiger partial charge in [-0.3, -0.25) is 4.79 Å². The molecule has 4 atom stereocenters. The minimum absolute atomic E-state index is 0.000239. The van der Waals surface area contributed by atoms with E-state index in [-0.39, 0.29) is 17.9 Å². The van der Waals surface area contributed by atoms with Gasteiger partial charge in [-0.25, -0.2) is 0 Å². The first-order valence-electron chi connectivity index (χ1n) is 8.35. The first-order valence-corrected chi connectivity index (χ1v) is 8.35. The fourth-order valence-corrected chi connectivity index (χ4v) is 4.12. The number of nitrogens with one attached hydrogen (secondary N) is 1. The van der Waals surface area contributed by atoms with Crippen LogP contribution < -0.4 is 15.8 Å². The summed E-state index contributed by atoms with van der Waals surface area (Å²) >= 11 is 0. The number of carbonyl (C=O) groups is 1. The maximum absolute atomic E-state index is 12.5. The number of aryl methyl sites for hydroxylation is 1.